The average Bonchev–Trinajstić information content (AvgIpc) is 3.23. The van der Waals surface area contributed by atoms with Gasteiger partial charge in [-0.05, 0) is 23.1 Å². The lowest BCUT2D eigenvalue weighted by atomic mass is 10.2. The maximum absolute atomic E-state index is 9.28. The fraction of sp³-hybridized carbons (Fsp3) is 0.111. The molecule has 0 saturated carbocycles. The first kappa shape index (κ1) is 15.1. The van der Waals surface area contributed by atoms with E-state index in [-0.39, 0.29) is 0 Å². The highest BCUT2D eigenvalue weighted by molar-refractivity contribution is 7.10. The Hall–Kier alpha value is -2.84. The summed E-state index contributed by atoms with van der Waals surface area (Å²) in [6.07, 6.45) is 3.71. The lowest BCUT2D eigenvalue weighted by molar-refractivity contribution is 0.536. The molecule has 1 aromatic carbocycles. The van der Waals surface area contributed by atoms with Gasteiger partial charge in [0.15, 0.2) is 0 Å². The van der Waals surface area contributed by atoms with Crippen LogP contribution < -0.4 is 4.90 Å². The summed E-state index contributed by atoms with van der Waals surface area (Å²) in [5.74, 6) is 0.923. The van der Waals surface area contributed by atoms with Crippen LogP contribution in [0.25, 0.3) is 12.2 Å². The van der Waals surface area contributed by atoms with Gasteiger partial charge in [-0.3, -0.25) is 0 Å². The third kappa shape index (κ3) is 3.68. The molecule has 0 aliphatic rings. The Bertz CT molecular complexity index is 829. The molecule has 2 aromatic heterocycles. The van der Waals surface area contributed by atoms with Crippen molar-refractivity contribution in [1.82, 2.24) is 4.98 Å². The Kier molecular flexibility index (Phi) is 4.55. The molecule has 0 saturated heterocycles. The van der Waals surface area contributed by atoms with Crippen molar-refractivity contribution in [2.75, 3.05) is 11.9 Å². The summed E-state index contributed by atoms with van der Waals surface area (Å²) in [4.78, 5) is 7.24. The predicted octanol–water partition coefficient (Wildman–Crippen LogP) is 4.41. The lowest BCUT2D eigenvalue weighted by Crippen LogP contribution is -2.16. The summed E-state index contributed by atoms with van der Waals surface area (Å²) in [5.41, 5.74) is 1.44. The Balaban J connectivity index is 1.80. The second-order valence-electron chi connectivity index (χ2n) is 5.01. The van der Waals surface area contributed by atoms with E-state index < -0.39 is 0 Å². The number of anilines is 1. The molecule has 0 radical (unpaired) electrons. The van der Waals surface area contributed by atoms with Gasteiger partial charge < -0.3 is 9.32 Å². The monoisotopic (exact) mass is 321 g/mol. The number of hydrogen-bond acceptors (Lipinski definition) is 5. The van der Waals surface area contributed by atoms with E-state index in [1.165, 1.54) is 0 Å². The summed E-state index contributed by atoms with van der Waals surface area (Å²) in [6.45, 7) is 0.652. The third-order valence-corrected chi connectivity index (χ3v) is 4.11. The van der Waals surface area contributed by atoms with Crippen LogP contribution in [0.5, 0.6) is 0 Å². The molecule has 0 N–H and O–H groups in total. The first-order valence-electron chi connectivity index (χ1n) is 7.14. The predicted molar refractivity (Wildman–Crippen MR) is 93.0 cm³/mol. The van der Waals surface area contributed by atoms with Gasteiger partial charge in [0, 0.05) is 24.5 Å². The SMILES string of the molecule is CN(Cc1ccccc1)c1oc(C=Cc2cccs2)nc1C#N. The van der Waals surface area contributed by atoms with Crippen molar-refractivity contribution in [3.8, 4) is 6.07 Å². The van der Waals surface area contributed by atoms with Crippen LogP contribution in [0, 0.1) is 11.3 Å². The number of aromatic nitrogens is 1. The maximum Gasteiger partial charge on any atom is 0.235 e. The highest BCUT2D eigenvalue weighted by atomic mass is 32.1. The Morgan fingerprint density at radius 2 is 2.04 bits per heavy atom. The molecule has 0 amide bonds. The minimum absolute atomic E-state index is 0.300. The normalized spacial score (nSPS) is 10.8. The largest absolute Gasteiger partial charge is 0.420 e. The number of oxazole rings is 1. The zero-order valence-electron chi connectivity index (χ0n) is 12.6. The number of rotatable bonds is 5. The van der Waals surface area contributed by atoms with Crippen LogP contribution in [0.15, 0.2) is 52.3 Å². The molecular formula is C18H15N3OS. The summed E-state index contributed by atoms with van der Waals surface area (Å²) in [6, 6.07) is 16.1. The molecular weight excluding hydrogens is 306 g/mol. The zero-order chi connectivity index (χ0) is 16.1. The van der Waals surface area contributed by atoms with Crippen LogP contribution in [-0.2, 0) is 6.54 Å². The quantitative estimate of drug-likeness (QED) is 0.698. The fourth-order valence-corrected chi connectivity index (χ4v) is 2.82. The van der Waals surface area contributed by atoms with E-state index in [4.69, 9.17) is 4.42 Å². The third-order valence-electron chi connectivity index (χ3n) is 3.27. The van der Waals surface area contributed by atoms with Gasteiger partial charge in [-0.1, -0.05) is 36.4 Å². The molecule has 3 rings (SSSR count). The molecule has 0 aliphatic carbocycles. The molecule has 114 valence electrons. The minimum atomic E-state index is 0.300. The van der Waals surface area contributed by atoms with Gasteiger partial charge in [-0.25, -0.2) is 0 Å². The van der Waals surface area contributed by atoms with Crippen LogP contribution in [0.1, 0.15) is 22.0 Å². The summed E-state index contributed by atoms with van der Waals surface area (Å²) < 4.78 is 5.75. The van der Waals surface area contributed by atoms with Gasteiger partial charge in [0.05, 0.1) is 0 Å². The van der Waals surface area contributed by atoms with E-state index in [9.17, 15) is 5.26 Å². The van der Waals surface area contributed by atoms with Crippen LogP contribution in [0.4, 0.5) is 5.88 Å². The first-order valence-corrected chi connectivity index (χ1v) is 8.02. The molecule has 0 atom stereocenters. The molecule has 23 heavy (non-hydrogen) atoms. The molecule has 0 fully saturated rings. The van der Waals surface area contributed by atoms with E-state index >= 15 is 0 Å². The Labute approximate surface area is 138 Å². The zero-order valence-corrected chi connectivity index (χ0v) is 13.5. The van der Waals surface area contributed by atoms with Crippen molar-refractivity contribution in [2.24, 2.45) is 0 Å². The van der Waals surface area contributed by atoms with Gasteiger partial charge >= 0.3 is 0 Å². The number of nitrogens with zero attached hydrogens (tertiary/aromatic N) is 3. The van der Waals surface area contributed by atoms with Gasteiger partial charge in [-0.2, -0.15) is 10.2 Å². The molecule has 2 heterocycles. The van der Waals surface area contributed by atoms with Gasteiger partial charge in [0.2, 0.25) is 17.5 Å². The molecule has 5 heteroatoms. The second kappa shape index (κ2) is 6.95. The molecule has 0 aliphatic heterocycles. The highest BCUT2D eigenvalue weighted by Gasteiger charge is 2.16. The maximum atomic E-state index is 9.28. The van der Waals surface area contributed by atoms with Crippen molar-refractivity contribution < 1.29 is 4.42 Å². The molecule has 0 spiro atoms. The van der Waals surface area contributed by atoms with Gasteiger partial charge in [0.25, 0.3) is 0 Å². The molecule has 4 nitrogen and oxygen atoms in total. The smallest absolute Gasteiger partial charge is 0.235 e. The summed E-state index contributed by atoms with van der Waals surface area (Å²) >= 11 is 1.64. The van der Waals surface area contributed by atoms with Crippen molar-refractivity contribution in [3.05, 3.63) is 69.9 Å². The summed E-state index contributed by atoms with van der Waals surface area (Å²) in [5, 5.41) is 11.3. The van der Waals surface area contributed by atoms with Gasteiger partial charge in [-0.15, -0.1) is 11.3 Å². The van der Waals surface area contributed by atoms with E-state index in [1.807, 2.05) is 65.9 Å². The topological polar surface area (TPSA) is 53.1 Å². The lowest BCUT2D eigenvalue weighted by Gasteiger charge is -2.15. The van der Waals surface area contributed by atoms with Crippen molar-refractivity contribution >= 4 is 29.4 Å². The first-order chi connectivity index (χ1) is 11.3. The molecule has 0 bridgehead atoms. The van der Waals surface area contributed by atoms with E-state index in [0.29, 0.717) is 24.0 Å². The molecule has 3 aromatic rings. The highest BCUT2D eigenvalue weighted by Crippen LogP contribution is 2.23. The number of benzene rings is 1. The standard InChI is InChI=1S/C18H15N3OS/c1-21(13-14-6-3-2-4-7-14)18-16(12-19)20-17(22-18)10-9-15-8-5-11-23-15/h2-11H,13H2,1H3. The summed E-state index contributed by atoms with van der Waals surface area (Å²) in [7, 11) is 1.89. The minimum Gasteiger partial charge on any atom is -0.420 e. The fourth-order valence-electron chi connectivity index (χ4n) is 2.20. The Morgan fingerprint density at radius 3 is 2.74 bits per heavy atom. The van der Waals surface area contributed by atoms with Crippen molar-refractivity contribution in [2.45, 2.75) is 6.54 Å². The van der Waals surface area contributed by atoms with Crippen molar-refractivity contribution in [3.63, 3.8) is 0 Å². The van der Waals surface area contributed by atoms with E-state index in [1.54, 1.807) is 17.4 Å². The Morgan fingerprint density at radius 1 is 1.22 bits per heavy atom. The van der Waals surface area contributed by atoms with E-state index in [2.05, 4.69) is 11.1 Å². The molecule has 0 unspecified atom stereocenters. The number of thiophene rings is 1. The number of hydrogen-bond donors (Lipinski definition) is 0. The van der Waals surface area contributed by atoms with Crippen LogP contribution in [-0.4, -0.2) is 12.0 Å². The van der Waals surface area contributed by atoms with Crippen LogP contribution in [0.2, 0.25) is 0 Å². The van der Waals surface area contributed by atoms with Crippen LogP contribution >= 0.6 is 11.3 Å². The number of nitriles is 1. The second-order valence-corrected chi connectivity index (χ2v) is 5.99. The average molecular weight is 321 g/mol. The van der Waals surface area contributed by atoms with Gasteiger partial charge in [0.1, 0.15) is 6.07 Å². The van der Waals surface area contributed by atoms with Crippen molar-refractivity contribution in [1.29, 1.82) is 5.26 Å². The van der Waals surface area contributed by atoms with E-state index in [0.717, 1.165) is 10.4 Å². The van der Waals surface area contributed by atoms with Crippen LogP contribution in [0.3, 0.4) is 0 Å².